The highest BCUT2D eigenvalue weighted by molar-refractivity contribution is 6.32. The normalized spacial score (nSPS) is 10.4. The molecule has 1 aromatic carbocycles. The zero-order valence-electron chi connectivity index (χ0n) is 8.94. The molecule has 0 unspecified atom stereocenters. The first-order chi connectivity index (χ1) is 7.65. The van der Waals surface area contributed by atoms with E-state index < -0.39 is 0 Å². The van der Waals surface area contributed by atoms with Gasteiger partial charge in [-0.3, -0.25) is 0 Å². The number of rotatable bonds is 2. The van der Waals surface area contributed by atoms with E-state index in [1.807, 2.05) is 12.1 Å². The van der Waals surface area contributed by atoms with Crippen LogP contribution in [0.1, 0.15) is 0 Å². The van der Waals surface area contributed by atoms with E-state index in [1.54, 1.807) is 26.2 Å². The van der Waals surface area contributed by atoms with Gasteiger partial charge in [-0.25, -0.2) is 14.0 Å². The van der Waals surface area contributed by atoms with Crippen molar-refractivity contribution in [2.75, 3.05) is 12.4 Å². The standard InChI is InChI=1S/C10H11ClN4O/c1-12-9-13-14(2)10(16)15(9)8-6-4-3-5-7(8)11/h3-6H,1-2H3,(H,12,13). The van der Waals surface area contributed by atoms with E-state index in [-0.39, 0.29) is 5.69 Å². The Hall–Kier alpha value is -1.75. The van der Waals surface area contributed by atoms with E-state index in [2.05, 4.69) is 10.4 Å². The van der Waals surface area contributed by atoms with Crippen molar-refractivity contribution in [2.24, 2.45) is 7.05 Å². The monoisotopic (exact) mass is 238 g/mol. The molecular formula is C10H11ClN4O. The van der Waals surface area contributed by atoms with Crippen LogP contribution in [0.2, 0.25) is 5.02 Å². The lowest BCUT2D eigenvalue weighted by atomic mass is 10.3. The van der Waals surface area contributed by atoms with Crippen molar-refractivity contribution in [3.8, 4) is 5.69 Å². The second kappa shape index (κ2) is 4.02. The molecule has 0 aliphatic heterocycles. The van der Waals surface area contributed by atoms with E-state index >= 15 is 0 Å². The minimum atomic E-state index is -0.238. The summed E-state index contributed by atoms with van der Waals surface area (Å²) in [4.78, 5) is 11.9. The third-order valence-corrected chi connectivity index (χ3v) is 2.56. The number of nitrogens with one attached hydrogen (secondary N) is 1. The summed E-state index contributed by atoms with van der Waals surface area (Å²) in [7, 11) is 3.30. The number of aromatic nitrogens is 3. The minimum absolute atomic E-state index is 0.238. The molecule has 2 aromatic rings. The Kier molecular flexibility index (Phi) is 2.70. The molecule has 5 nitrogen and oxygen atoms in total. The summed E-state index contributed by atoms with van der Waals surface area (Å²) in [6.45, 7) is 0. The Balaban J connectivity index is 2.73. The molecule has 84 valence electrons. The maximum atomic E-state index is 11.9. The predicted octanol–water partition coefficient (Wildman–Crippen LogP) is 1.27. The van der Waals surface area contributed by atoms with E-state index in [1.165, 1.54) is 9.25 Å². The van der Waals surface area contributed by atoms with Crippen molar-refractivity contribution in [3.63, 3.8) is 0 Å². The average Bonchev–Trinajstić information content (AvgIpc) is 2.56. The molecule has 0 spiro atoms. The molecule has 1 N–H and O–H groups in total. The molecule has 1 aromatic heterocycles. The molecule has 0 fully saturated rings. The second-order valence-electron chi connectivity index (χ2n) is 3.27. The summed E-state index contributed by atoms with van der Waals surface area (Å²) in [6, 6.07) is 7.13. The lowest BCUT2D eigenvalue weighted by molar-refractivity contribution is 0.727. The van der Waals surface area contributed by atoms with Crippen LogP contribution >= 0.6 is 11.6 Å². The summed E-state index contributed by atoms with van der Waals surface area (Å²) in [6.07, 6.45) is 0. The van der Waals surface area contributed by atoms with Gasteiger partial charge in [0.15, 0.2) is 0 Å². The molecule has 0 radical (unpaired) electrons. The Morgan fingerprint density at radius 3 is 2.69 bits per heavy atom. The number of hydrogen-bond donors (Lipinski definition) is 1. The van der Waals surface area contributed by atoms with E-state index in [9.17, 15) is 4.79 Å². The molecule has 2 rings (SSSR count). The van der Waals surface area contributed by atoms with E-state index in [0.717, 1.165) is 0 Å². The van der Waals surface area contributed by atoms with Crippen LogP contribution in [0.15, 0.2) is 29.1 Å². The Bertz CT molecular complexity index is 572. The van der Waals surface area contributed by atoms with Gasteiger partial charge in [0.05, 0.1) is 10.7 Å². The van der Waals surface area contributed by atoms with Gasteiger partial charge in [-0.15, -0.1) is 5.10 Å². The van der Waals surface area contributed by atoms with Gasteiger partial charge in [0.25, 0.3) is 0 Å². The maximum Gasteiger partial charge on any atom is 0.351 e. The van der Waals surface area contributed by atoms with Crippen LogP contribution < -0.4 is 11.0 Å². The molecule has 0 amide bonds. The lowest BCUT2D eigenvalue weighted by Gasteiger charge is -2.05. The fraction of sp³-hybridized carbons (Fsp3) is 0.200. The Morgan fingerprint density at radius 1 is 1.38 bits per heavy atom. The van der Waals surface area contributed by atoms with Gasteiger partial charge in [0, 0.05) is 14.1 Å². The number of benzene rings is 1. The van der Waals surface area contributed by atoms with Gasteiger partial charge in [0.2, 0.25) is 5.95 Å². The highest BCUT2D eigenvalue weighted by Crippen LogP contribution is 2.20. The number of para-hydroxylation sites is 1. The predicted molar refractivity (Wildman–Crippen MR) is 63.4 cm³/mol. The van der Waals surface area contributed by atoms with Gasteiger partial charge in [-0.1, -0.05) is 23.7 Å². The summed E-state index contributed by atoms with van der Waals surface area (Å²) >= 11 is 6.04. The first kappa shape index (κ1) is 10.8. The molecule has 16 heavy (non-hydrogen) atoms. The number of anilines is 1. The summed E-state index contributed by atoms with van der Waals surface area (Å²) < 4.78 is 2.69. The quantitative estimate of drug-likeness (QED) is 0.857. The van der Waals surface area contributed by atoms with Gasteiger partial charge in [0.1, 0.15) is 0 Å². The molecule has 6 heteroatoms. The SMILES string of the molecule is CNc1nn(C)c(=O)n1-c1ccccc1Cl. The number of hydrogen-bond acceptors (Lipinski definition) is 3. The first-order valence-electron chi connectivity index (χ1n) is 4.74. The molecule has 0 aliphatic rings. The minimum Gasteiger partial charge on any atom is -0.357 e. The zero-order chi connectivity index (χ0) is 11.7. The third kappa shape index (κ3) is 1.59. The molecule has 0 atom stereocenters. The van der Waals surface area contributed by atoms with Crippen molar-refractivity contribution in [1.29, 1.82) is 0 Å². The van der Waals surface area contributed by atoms with Crippen LogP contribution in [0.4, 0.5) is 5.95 Å². The molecule has 0 aliphatic carbocycles. The fourth-order valence-corrected chi connectivity index (χ4v) is 1.70. The summed E-state index contributed by atoms with van der Waals surface area (Å²) in [5.41, 5.74) is 0.379. The molecular weight excluding hydrogens is 228 g/mol. The van der Waals surface area contributed by atoms with E-state index in [0.29, 0.717) is 16.7 Å². The second-order valence-corrected chi connectivity index (χ2v) is 3.67. The highest BCUT2D eigenvalue weighted by Gasteiger charge is 2.13. The smallest absolute Gasteiger partial charge is 0.351 e. The maximum absolute atomic E-state index is 11.9. The van der Waals surface area contributed by atoms with Crippen molar-refractivity contribution >= 4 is 17.5 Å². The van der Waals surface area contributed by atoms with Crippen LogP contribution in [-0.2, 0) is 7.05 Å². The van der Waals surface area contributed by atoms with Crippen molar-refractivity contribution in [1.82, 2.24) is 14.3 Å². The molecule has 0 bridgehead atoms. The number of halogens is 1. The van der Waals surface area contributed by atoms with Crippen LogP contribution in [-0.4, -0.2) is 21.4 Å². The summed E-state index contributed by atoms with van der Waals surface area (Å²) in [5.74, 6) is 0.459. The van der Waals surface area contributed by atoms with Crippen molar-refractivity contribution in [2.45, 2.75) is 0 Å². The molecule has 0 saturated heterocycles. The van der Waals surface area contributed by atoms with Gasteiger partial charge < -0.3 is 5.32 Å². The zero-order valence-corrected chi connectivity index (χ0v) is 9.69. The van der Waals surface area contributed by atoms with Crippen molar-refractivity contribution in [3.05, 3.63) is 39.8 Å². The van der Waals surface area contributed by atoms with Gasteiger partial charge in [-0.05, 0) is 12.1 Å². The van der Waals surface area contributed by atoms with Crippen LogP contribution in [0.5, 0.6) is 0 Å². The van der Waals surface area contributed by atoms with Crippen LogP contribution in [0.25, 0.3) is 5.69 Å². The highest BCUT2D eigenvalue weighted by atomic mass is 35.5. The number of nitrogens with zero attached hydrogens (tertiary/aromatic N) is 3. The largest absolute Gasteiger partial charge is 0.357 e. The van der Waals surface area contributed by atoms with Gasteiger partial charge >= 0.3 is 5.69 Å². The number of aryl methyl sites for hydroxylation is 1. The lowest BCUT2D eigenvalue weighted by Crippen LogP contribution is -2.22. The van der Waals surface area contributed by atoms with Crippen LogP contribution in [0, 0.1) is 0 Å². The van der Waals surface area contributed by atoms with Crippen molar-refractivity contribution < 1.29 is 0 Å². The fourth-order valence-electron chi connectivity index (χ4n) is 1.48. The molecule has 0 saturated carbocycles. The summed E-state index contributed by atoms with van der Waals surface area (Å²) in [5, 5.41) is 7.41. The van der Waals surface area contributed by atoms with Crippen LogP contribution in [0.3, 0.4) is 0 Å². The topological polar surface area (TPSA) is 51.9 Å². The third-order valence-electron chi connectivity index (χ3n) is 2.24. The Labute approximate surface area is 97.3 Å². The Morgan fingerprint density at radius 2 is 2.06 bits per heavy atom. The van der Waals surface area contributed by atoms with E-state index in [4.69, 9.17) is 11.6 Å². The molecule has 1 heterocycles. The van der Waals surface area contributed by atoms with Gasteiger partial charge in [-0.2, -0.15) is 0 Å². The first-order valence-corrected chi connectivity index (χ1v) is 5.11. The average molecular weight is 239 g/mol.